The molecule has 7 nitrogen and oxygen atoms in total. The van der Waals surface area contributed by atoms with Gasteiger partial charge in [0.05, 0.1) is 15.7 Å². The quantitative estimate of drug-likeness (QED) is 0.617. The number of carbonyl (C=O) groups is 3. The zero-order valence-corrected chi connectivity index (χ0v) is 14.7. The summed E-state index contributed by atoms with van der Waals surface area (Å²) in [6.45, 7) is 0. The lowest BCUT2D eigenvalue weighted by Gasteiger charge is -2.13. The van der Waals surface area contributed by atoms with Crippen molar-refractivity contribution in [2.75, 3.05) is 10.3 Å². The van der Waals surface area contributed by atoms with Crippen molar-refractivity contribution in [2.45, 2.75) is 0 Å². The van der Waals surface area contributed by atoms with Gasteiger partial charge in [0.1, 0.15) is 5.84 Å². The van der Waals surface area contributed by atoms with Crippen molar-refractivity contribution in [3.63, 3.8) is 0 Å². The van der Waals surface area contributed by atoms with E-state index in [4.69, 9.17) is 28.9 Å². The number of hydrogen-bond donors (Lipinski definition) is 2. The molecule has 0 spiro atoms. The third-order valence-corrected chi connectivity index (χ3v) is 4.37. The Morgan fingerprint density at radius 2 is 1.77 bits per heavy atom. The number of para-hydroxylation sites is 1. The minimum atomic E-state index is -1.47. The van der Waals surface area contributed by atoms with Crippen LogP contribution in [0, 0.1) is 5.92 Å². The monoisotopic (exact) mass is 390 g/mol. The maximum atomic E-state index is 12.5. The Balaban J connectivity index is 1.77. The van der Waals surface area contributed by atoms with Crippen molar-refractivity contribution >= 4 is 58.0 Å². The highest BCUT2D eigenvalue weighted by molar-refractivity contribution is 6.50. The van der Waals surface area contributed by atoms with Gasteiger partial charge in [-0.1, -0.05) is 41.4 Å². The summed E-state index contributed by atoms with van der Waals surface area (Å²) in [5.74, 6) is -4.43. The van der Waals surface area contributed by atoms with Gasteiger partial charge >= 0.3 is 0 Å². The van der Waals surface area contributed by atoms with E-state index in [1.54, 1.807) is 30.3 Å². The lowest BCUT2D eigenvalue weighted by atomic mass is 10.0. The lowest BCUT2D eigenvalue weighted by Crippen LogP contribution is -2.41. The minimum Gasteiger partial charge on any atom is -0.385 e. The first-order valence-electron chi connectivity index (χ1n) is 7.41. The number of hydrogen-bond acceptors (Lipinski definition) is 5. The van der Waals surface area contributed by atoms with Gasteiger partial charge in [-0.3, -0.25) is 14.4 Å². The number of nitrogens with two attached hydrogens (primary N) is 1. The van der Waals surface area contributed by atoms with Crippen LogP contribution >= 0.6 is 23.2 Å². The second-order valence-corrected chi connectivity index (χ2v) is 6.21. The van der Waals surface area contributed by atoms with Crippen LogP contribution in [0.2, 0.25) is 10.0 Å². The van der Waals surface area contributed by atoms with Crippen LogP contribution in [0.4, 0.5) is 11.4 Å². The van der Waals surface area contributed by atoms with Crippen LogP contribution in [0.3, 0.4) is 0 Å². The van der Waals surface area contributed by atoms with E-state index in [9.17, 15) is 14.4 Å². The van der Waals surface area contributed by atoms with E-state index in [1.165, 1.54) is 18.2 Å². The molecule has 1 atom stereocenters. The Labute approximate surface area is 158 Å². The van der Waals surface area contributed by atoms with Crippen LogP contribution in [-0.2, 0) is 14.4 Å². The summed E-state index contributed by atoms with van der Waals surface area (Å²) in [6, 6.07) is 12.8. The van der Waals surface area contributed by atoms with Gasteiger partial charge in [-0.2, -0.15) is 10.1 Å². The summed E-state index contributed by atoms with van der Waals surface area (Å²) in [6.07, 6.45) is 0. The molecule has 1 aliphatic heterocycles. The van der Waals surface area contributed by atoms with Crippen LogP contribution in [0.1, 0.15) is 0 Å². The van der Waals surface area contributed by atoms with Crippen molar-refractivity contribution < 1.29 is 14.4 Å². The van der Waals surface area contributed by atoms with E-state index in [0.717, 1.165) is 5.01 Å². The van der Waals surface area contributed by atoms with Gasteiger partial charge < -0.3 is 11.1 Å². The van der Waals surface area contributed by atoms with Gasteiger partial charge in [0.25, 0.3) is 11.8 Å². The van der Waals surface area contributed by atoms with Crippen LogP contribution in [-0.4, -0.2) is 23.4 Å². The zero-order valence-electron chi connectivity index (χ0n) is 13.1. The van der Waals surface area contributed by atoms with Gasteiger partial charge in [0, 0.05) is 5.69 Å². The Morgan fingerprint density at radius 1 is 1.08 bits per heavy atom. The van der Waals surface area contributed by atoms with Gasteiger partial charge in [-0.25, -0.2) is 0 Å². The third-order valence-electron chi connectivity index (χ3n) is 3.63. The average molecular weight is 391 g/mol. The molecular weight excluding hydrogens is 379 g/mol. The highest BCUT2D eigenvalue weighted by Gasteiger charge is 2.43. The van der Waals surface area contributed by atoms with E-state index in [-0.39, 0.29) is 16.5 Å². The number of Topliss-reactive ketones (excluding diaryl/α,β-unsaturated/α-hetero) is 1. The van der Waals surface area contributed by atoms with Gasteiger partial charge in [-0.15, -0.1) is 0 Å². The molecule has 0 saturated carbocycles. The number of nitrogens with one attached hydrogen (secondary N) is 1. The Hall–Kier alpha value is -2.90. The summed E-state index contributed by atoms with van der Waals surface area (Å²) in [7, 11) is 0. The maximum Gasteiger partial charge on any atom is 0.293 e. The van der Waals surface area contributed by atoms with Gasteiger partial charge in [0.15, 0.2) is 5.92 Å². The minimum absolute atomic E-state index is 0.213. The fourth-order valence-electron chi connectivity index (χ4n) is 2.37. The molecule has 0 aromatic heterocycles. The second kappa shape index (κ2) is 7.15. The fourth-order valence-corrected chi connectivity index (χ4v) is 2.67. The molecule has 1 aliphatic rings. The number of hydrazone groups is 1. The summed E-state index contributed by atoms with van der Waals surface area (Å²) in [4.78, 5) is 37.1. The largest absolute Gasteiger partial charge is 0.385 e. The van der Waals surface area contributed by atoms with E-state index >= 15 is 0 Å². The average Bonchev–Trinajstić information content (AvgIpc) is 2.92. The first-order chi connectivity index (χ1) is 12.4. The van der Waals surface area contributed by atoms with Crippen molar-refractivity contribution in [3.8, 4) is 0 Å². The van der Waals surface area contributed by atoms with E-state index in [2.05, 4.69) is 10.4 Å². The number of carbonyl (C=O) groups excluding carboxylic acids is 3. The highest BCUT2D eigenvalue weighted by atomic mass is 35.5. The first-order valence-corrected chi connectivity index (χ1v) is 8.17. The molecule has 0 aliphatic carbocycles. The number of rotatable bonds is 4. The Kier molecular flexibility index (Phi) is 4.92. The maximum absolute atomic E-state index is 12.5. The molecule has 3 rings (SSSR count). The van der Waals surface area contributed by atoms with Crippen LogP contribution in [0.15, 0.2) is 53.6 Å². The molecule has 26 heavy (non-hydrogen) atoms. The molecule has 3 N–H and O–H groups in total. The van der Waals surface area contributed by atoms with E-state index in [1.807, 2.05) is 0 Å². The lowest BCUT2D eigenvalue weighted by molar-refractivity contribution is -0.138. The van der Waals surface area contributed by atoms with Crippen LogP contribution in [0.25, 0.3) is 0 Å². The second-order valence-electron chi connectivity index (χ2n) is 5.39. The number of benzene rings is 2. The van der Waals surface area contributed by atoms with Crippen molar-refractivity contribution in [1.82, 2.24) is 0 Å². The zero-order chi connectivity index (χ0) is 18.8. The number of ketones is 1. The predicted molar refractivity (Wildman–Crippen MR) is 99.1 cm³/mol. The molecule has 0 fully saturated rings. The van der Waals surface area contributed by atoms with Crippen LogP contribution in [0.5, 0.6) is 0 Å². The number of amides is 2. The molecule has 1 heterocycles. The fraction of sp³-hybridized carbons (Fsp3) is 0.0588. The molecule has 2 amide bonds. The number of amidine groups is 1. The number of anilines is 2. The molecule has 0 bridgehead atoms. The predicted octanol–water partition coefficient (Wildman–Crippen LogP) is 2.44. The molecule has 9 heteroatoms. The molecule has 132 valence electrons. The van der Waals surface area contributed by atoms with Crippen molar-refractivity contribution in [2.24, 2.45) is 16.8 Å². The Morgan fingerprint density at radius 3 is 2.42 bits per heavy atom. The summed E-state index contributed by atoms with van der Waals surface area (Å²) in [5.41, 5.74) is 6.43. The standard InChI is InChI=1S/C17H12Cl2N4O3/c18-11-7-6-9(8-12(11)19)21-16(25)14(24)13-15(20)22-23(17(13)26)10-4-2-1-3-5-10/h1-8,13H,(H2,20,22)(H,21,25). The van der Waals surface area contributed by atoms with Crippen LogP contribution < -0.4 is 16.1 Å². The van der Waals surface area contributed by atoms with Gasteiger partial charge in [0.2, 0.25) is 5.78 Å². The molecule has 0 saturated heterocycles. The van der Waals surface area contributed by atoms with Gasteiger partial charge in [-0.05, 0) is 30.3 Å². The highest BCUT2D eigenvalue weighted by Crippen LogP contribution is 2.26. The first kappa shape index (κ1) is 17.9. The molecule has 2 aromatic carbocycles. The molecule has 0 radical (unpaired) electrons. The number of nitrogens with zero attached hydrogens (tertiary/aromatic N) is 2. The molecular formula is C17H12Cl2N4O3. The van der Waals surface area contributed by atoms with Crippen molar-refractivity contribution in [3.05, 3.63) is 58.6 Å². The normalized spacial score (nSPS) is 16.4. The Bertz CT molecular complexity index is 931. The van der Waals surface area contributed by atoms with E-state index < -0.39 is 23.5 Å². The summed E-state index contributed by atoms with van der Waals surface area (Å²) >= 11 is 11.7. The summed E-state index contributed by atoms with van der Waals surface area (Å²) in [5, 5.41) is 7.79. The smallest absolute Gasteiger partial charge is 0.293 e. The molecule has 1 unspecified atom stereocenters. The van der Waals surface area contributed by atoms with E-state index in [0.29, 0.717) is 10.7 Å². The van der Waals surface area contributed by atoms with Crippen molar-refractivity contribution in [1.29, 1.82) is 0 Å². The topological polar surface area (TPSA) is 105 Å². The third kappa shape index (κ3) is 3.40. The molecule has 2 aromatic rings. The SMILES string of the molecule is NC1=NN(c2ccccc2)C(=O)C1C(=O)C(=O)Nc1ccc(Cl)c(Cl)c1. The summed E-state index contributed by atoms with van der Waals surface area (Å²) < 4.78 is 0. The number of halogens is 2.